The maximum atomic E-state index is 4.75. The number of thiophene rings is 1. The monoisotopic (exact) mass is 250 g/mol. The van der Waals surface area contributed by atoms with Crippen molar-refractivity contribution in [2.75, 3.05) is 7.05 Å². The van der Waals surface area contributed by atoms with Crippen LogP contribution in [-0.2, 0) is 13.1 Å². The zero-order valence-corrected chi connectivity index (χ0v) is 10.3. The maximum Gasteiger partial charge on any atom is 0.191 e. The van der Waals surface area contributed by atoms with E-state index in [1.54, 1.807) is 24.6 Å². The fraction of sp³-hybridized carbons (Fsp3) is 0.273. The van der Waals surface area contributed by atoms with Gasteiger partial charge in [-0.3, -0.25) is 4.99 Å². The van der Waals surface area contributed by atoms with Crippen LogP contribution in [0.2, 0.25) is 0 Å². The first-order chi connectivity index (χ1) is 8.38. The highest BCUT2D eigenvalue weighted by molar-refractivity contribution is 7.09. The second-order valence-corrected chi connectivity index (χ2v) is 4.38. The number of rotatable bonds is 4. The lowest BCUT2D eigenvalue weighted by Crippen LogP contribution is -2.36. The number of hydrogen-bond acceptors (Lipinski definition) is 4. The van der Waals surface area contributed by atoms with Crippen molar-refractivity contribution >= 4 is 17.3 Å². The molecule has 0 aliphatic heterocycles. The van der Waals surface area contributed by atoms with Gasteiger partial charge in [-0.05, 0) is 11.4 Å². The fourth-order valence-electron chi connectivity index (χ4n) is 1.31. The van der Waals surface area contributed by atoms with Crippen molar-refractivity contribution in [3.63, 3.8) is 0 Å². The number of hydrogen-bond donors (Lipinski definition) is 2. The van der Waals surface area contributed by atoms with Gasteiger partial charge in [-0.15, -0.1) is 11.3 Å². The molecule has 0 spiro atoms. The van der Waals surface area contributed by atoms with E-state index in [4.69, 9.17) is 4.52 Å². The minimum absolute atomic E-state index is 0.598. The van der Waals surface area contributed by atoms with Gasteiger partial charge in [-0.1, -0.05) is 11.2 Å². The van der Waals surface area contributed by atoms with Crippen LogP contribution in [0.3, 0.4) is 0 Å². The first-order valence-electron chi connectivity index (χ1n) is 5.24. The van der Waals surface area contributed by atoms with Crippen LogP contribution in [0.4, 0.5) is 0 Å². The molecule has 0 radical (unpaired) electrons. The van der Waals surface area contributed by atoms with E-state index in [1.165, 1.54) is 4.88 Å². The summed E-state index contributed by atoms with van der Waals surface area (Å²) in [4.78, 5) is 5.40. The van der Waals surface area contributed by atoms with E-state index in [0.717, 1.165) is 18.2 Å². The quantitative estimate of drug-likeness (QED) is 0.639. The third kappa shape index (κ3) is 3.60. The number of aromatic nitrogens is 1. The van der Waals surface area contributed by atoms with Crippen LogP contribution in [0.1, 0.15) is 10.6 Å². The predicted molar refractivity (Wildman–Crippen MR) is 67.9 cm³/mol. The van der Waals surface area contributed by atoms with Crippen molar-refractivity contribution in [2.45, 2.75) is 13.1 Å². The summed E-state index contributed by atoms with van der Waals surface area (Å²) in [5.74, 6) is 0.751. The minimum Gasteiger partial charge on any atom is -0.364 e. The highest BCUT2D eigenvalue weighted by Gasteiger charge is 2.00. The Kier molecular flexibility index (Phi) is 4.15. The van der Waals surface area contributed by atoms with E-state index in [1.807, 2.05) is 12.1 Å². The largest absolute Gasteiger partial charge is 0.364 e. The molecule has 2 N–H and O–H groups in total. The Labute approximate surface area is 104 Å². The van der Waals surface area contributed by atoms with Crippen LogP contribution in [0.15, 0.2) is 39.4 Å². The lowest BCUT2D eigenvalue weighted by molar-refractivity contribution is 0.410. The molecular formula is C11H14N4OS. The first-order valence-corrected chi connectivity index (χ1v) is 6.12. The van der Waals surface area contributed by atoms with Crippen LogP contribution < -0.4 is 10.6 Å². The van der Waals surface area contributed by atoms with Gasteiger partial charge in [0.1, 0.15) is 12.0 Å². The molecule has 17 heavy (non-hydrogen) atoms. The molecule has 6 heteroatoms. The van der Waals surface area contributed by atoms with Gasteiger partial charge >= 0.3 is 0 Å². The van der Waals surface area contributed by atoms with Crippen LogP contribution in [0, 0.1) is 0 Å². The van der Waals surface area contributed by atoms with Gasteiger partial charge in [0.15, 0.2) is 5.96 Å². The number of aliphatic imine (C=N–C) groups is 1. The molecule has 2 aromatic rings. The fourth-order valence-corrected chi connectivity index (χ4v) is 1.95. The van der Waals surface area contributed by atoms with E-state index in [2.05, 4.69) is 32.2 Å². The molecule has 2 aromatic heterocycles. The minimum atomic E-state index is 0.598. The van der Waals surface area contributed by atoms with Gasteiger partial charge in [0.05, 0.1) is 13.1 Å². The second kappa shape index (κ2) is 6.05. The molecule has 0 aliphatic rings. The molecule has 0 bridgehead atoms. The van der Waals surface area contributed by atoms with Crippen molar-refractivity contribution in [1.82, 2.24) is 15.8 Å². The summed E-state index contributed by atoms with van der Waals surface area (Å²) in [6, 6.07) is 5.94. The summed E-state index contributed by atoms with van der Waals surface area (Å²) in [5, 5.41) is 12.3. The van der Waals surface area contributed by atoms with Crippen molar-refractivity contribution in [1.29, 1.82) is 0 Å². The summed E-state index contributed by atoms with van der Waals surface area (Å²) in [5.41, 5.74) is 0.851. The molecule has 0 saturated heterocycles. The molecule has 2 heterocycles. The summed E-state index contributed by atoms with van der Waals surface area (Å²) in [6.45, 7) is 1.37. The Morgan fingerprint density at radius 3 is 2.94 bits per heavy atom. The average Bonchev–Trinajstić information content (AvgIpc) is 3.02. The number of nitrogens with zero attached hydrogens (tertiary/aromatic N) is 2. The third-order valence-electron chi connectivity index (χ3n) is 2.16. The smallest absolute Gasteiger partial charge is 0.191 e. The summed E-state index contributed by atoms with van der Waals surface area (Å²) in [7, 11) is 1.74. The van der Waals surface area contributed by atoms with Crippen molar-refractivity contribution in [2.24, 2.45) is 4.99 Å². The van der Waals surface area contributed by atoms with E-state index in [0.29, 0.717) is 6.54 Å². The topological polar surface area (TPSA) is 62.5 Å². The number of guanidine groups is 1. The Morgan fingerprint density at radius 1 is 1.41 bits per heavy atom. The van der Waals surface area contributed by atoms with Gasteiger partial charge in [-0.2, -0.15) is 0 Å². The zero-order valence-electron chi connectivity index (χ0n) is 9.51. The lowest BCUT2D eigenvalue weighted by atomic mass is 10.4. The van der Waals surface area contributed by atoms with Gasteiger partial charge in [0.25, 0.3) is 0 Å². The Hall–Kier alpha value is -1.82. The normalized spacial score (nSPS) is 11.5. The maximum absolute atomic E-state index is 4.75. The molecule has 0 saturated carbocycles. The highest BCUT2D eigenvalue weighted by atomic mass is 32.1. The zero-order chi connectivity index (χ0) is 11.9. The van der Waals surface area contributed by atoms with Crippen molar-refractivity contribution < 1.29 is 4.52 Å². The Balaban J connectivity index is 1.77. The van der Waals surface area contributed by atoms with Crippen LogP contribution in [-0.4, -0.2) is 18.2 Å². The third-order valence-corrected chi connectivity index (χ3v) is 3.04. The Bertz CT molecular complexity index is 410. The lowest BCUT2D eigenvalue weighted by Gasteiger charge is -2.09. The highest BCUT2D eigenvalue weighted by Crippen LogP contribution is 2.07. The first kappa shape index (κ1) is 11.7. The SMILES string of the molecule is CN=C(NCc1ccon1)NCc1cccs1. The average molecular weight is 250 g/mol. The van der Waals surface area contributed by atoms with E-state index in [9.17, 15) is 0 Å². The molecule has 2 rings (SSSR count). The molecule has 0 fully saturated rings. The molecule has 5 nitrogen and oxygen atoms in total. The van der Waals surface area contributed by atoms with Crippen molar-refractivity contribution in [3.8, 4) is 0 Å². The van der Waals surface area contributed by atoms with Gasteiger partial charge in [0, 0.05) is 18.0 Å². The molecule has 0 unspecified atom stereocenters. The van der Waals surface area contributed by atoms with Crippen LogP contribution in [0.25, 0.3) is 0 Å². The summed E-state index contributed by atoms with van der Waals surface area (Å²) < 4.78 is 4.75. The summed E-state index contributed by atoms with van der Waals surface area (Å²) >= 11 is 1.72. The molecule has 0 aliphatic carbocycles. The summed E-state index contributed by atoms with van der Waals surface area (Å²) in [6.07, 6.45) is 1.55. The van der Waals surface area contributed by atoms with Gasteiger partial charge in [-0.25, -0.2) is 0 Å². The van der Waals surface area contributed by atoms with Gasteiger partial charge < -0.3 is 15.2 Å². The van der Waals surface area contributed by atoms with Gasteiger partial charge in [0.2, 0.25) is 0 Å². The Morgan fingerprint density at radius 2 is 2.29 bits per heavy atom. The molecule has 0 atom stereocenters. The van der Waals surface area contributed by atoms with E-state index < -0.39 is 0 Å². The molecule has 90 valence electrons. The molecular weight excluding hydrogens is 236 g/mol. The van der Waals surface area contributed by atoms with E-state index >= 15 is 0 Å². The molecule has 0 aromatic carbocycles. The standard InChI is InChI=1S/C11H14N4OS/c1-12-11(13-7-9-4-5-16-15-9)14-8-10-3-2-6-17-10/h2-6H,7-8H2,1H3,(H2,12,13,14). The van der Waals surface area contributed by atoms with E-state index in [-0.39, 0.29) is 0 Å². The predicted octanol–water partition coefficient (Wildman–Crippen LogP) is 1.60. The van der Waals surface area contributed by atoms with Crippen LogP contribution in [0.5, 0.6) is 0 Å². The number of nitrogens with one attached hydrogen (secondary N) is 2. The second-order valence-electron chi connectivity index (χ2n) is 3.35. The van der Waals surface area contributed by atoms with Crippen LogP contribution >= 0.6 is 11.3 Å². The van der Waals surface area contributed by atoms with Crippen molar-refractivity contribution in [3.05, 3.63) is 40.4 Å². The molecule has 0 amide bonds.